The Morgan fingerprint density at radius 2 is 2.21 bits per heavy atom. The molecule has 1 aromatic rings. The molecule has 0 aliphatic carbocycles. The van der Waals surface area contributed by atoms with Gasteiger partial charge in [-0.2, -0.15) is 0 Å². The second kappa shape index (κ2) is 3.28. The fourth-order valence-corrected chi connectivity index (χ4v) is 2.11. The first-order chi connectivity index (χ1) is 6.57. The van der Waals surface area contributed by atoms with Gasteiger partial charge in [-0.15, -0.1) is 0 Å². The van der Waals surface area contributed by atoms with Gasteiger partial charge in [0.25, 0.3) is 0 Å². The Balaban J connectivity index is 2.17. The van der Waals surface area contributed by atoms with Crippen molar-refractivity contribution in [2.24, 2.45) is 0 Å². The molecule has 76 valence electrons. The van der Waals surface area contributed by atoms with Gasteiger partial charge in [-0.25, -0.2) is 0 Å². The zero-order valence-corrected chi connectivity index (χ0v) is 8.75. The highest BCUT2D eigenvalue weighted by atomic mass is 16.3. The minimum absolute atomic E-state index is 0.232. The van der Waals surface area contributed by atoms with Crippen LogP contribution in [-0.4, -0.2) is 10.6 Å². The molecule has 0 aromatic heterocycles. The fourth-order valence-electron chi connectivity index (χ4n) is 2.11. The van der Waals surface area contributed by atoms with Crippen molar-refractivity contribution >= 4 is 0 Å². The van der Waals surface area contributed by atoms with Crippen molar-refractivity contribution < 1.29 is 5.11 Å². The zero-order chi connectivity index (χ0) is 10.2. The summed E-state index contributed by atoms with van der Waals surface area (Å²) in [5.74, 6) is 0.356. The molecule has 1 aliphatic rings. The number of phenols is 1. The number of rotatable bonds is 1. The Kier molecular flexibility index (Phi) is 2.23. The molecular weight excluding hydrogens is 174 g/mol. The third-order valence-corrected chi connectivity index (χ3v) is 2.90. The van der Waals surface area contributed by atoms with E-state index in [4.69, 9.17) is 0 Å². The maximum Gasteiger partial charge on any atom is 0.115 e. The summed E-state index contributed by atoms with van der Waals surface area (Å²) in [6.45, 7) is 4.44. The van der Waals surface area contributed by atoms with Crippen molar-refractivity contribution in [3.8, 4) is 5.75 Å². The van der Waals surface area contributed by atoms with Crippen LogP contribution < -0.4 is 5.32 Å². The van der Waals surface area contributed by atoms with Crippen LogP contribution in [0, 0.1) is 0 Å². The highest BCUT2D eigenvalue weighted by molar-refractivity contribution is 5.30. The van der Waals surface area contributed by atoms with Crippen LogP contribution >= 0.6 is 0 Å². The summed E-state index contributed by atoms with van der Waals surface area (Å²) in [4.78, 5) is 0. The number of nitrogens with one attached hydrogen (secondary N) is 1. The maximum absolute atomic E-state index is 9.38. The average Bonchev–Trinajstić information content (AvgIpc) is 2.46. The Bertz CT molecular complexity index is 333. The minimum Gasteiger partial charge on any atom is -0.508 e. The van der Waals surface area contributed by atoms with E-state index in [0.717, 1.165) is 6.42 Å². The molecule has 14 heavy (non-hydrogen) atoms. The van der Waals surface area contributed by atoms with E-state index in [-0.39, 0.29) is 5.54 Å². The van der Waals surface area contributed by atoms with Crippen LogP contribution in [-0.2, 0) is 0 Å². The Labute approximate surface area is 85.0 Å². The molecule has 0 bridgehead atoms. The van der Waals surface area contributed by atoms with Gasteiger partial charge in [-0.1, -0.05) is 12.1 Å². The fraction of sp³-hybridized carbons (Fsp3) is 0.500. The van der Waals surface area contributed by atoms with E-state index in [2.05, 4.69) is 25.2 Å². The van der Waals surface area contributed by atoms with Crippen molar-refractivity contribution in [1.82, 2.24) is 5.32 Å². The monoisotopic (exact) mass is 191 g/mol. The summed E-state index contributed by atoms with van der Waals surface area (Å²) in [5, 5.41) is 12.9. The third kappa shape index (κ3) is 1.90. The summed E-state index contributed by atoms with van der Waals surface area (Å²) in [6, 6.07) is 7.93. The zero-order valence-electron chi connectivity index (χ0n) is 8.75. The molecule has 1 aliphatic heterocycles. The number of hydrogen-bond acceptors (Lipinski definition) is 2. The highest BCUT2D eigenvalue weighted by Gasteiger charge is 2.30. The van der Waals surface area contributed by atoms with Crippen LogP contribution in [0.2, 0.25) is 0 Å². The standard InChI is InChI=1S/C12H17NO/c1-12(2)7-6-11(13-12)9-4-3-5-10(14)8-9/h3-5,8,11,13-14H,6-7H2,1-2H3. The Morgan fingerprint density at radius 3 is 2.79 bits per heavy atom. The quantitative estimate of drug-likeness (QED) is 0.715. The highest BCUT2D eigenvalue weighted by Crippen LogP contribution is 2.33. The number of benzene rings is 1. The number of aromatic hydroxyl groups is 1. The van der Waals surface area contributed by atoms with Crippen LogP contribution in [0.4, 0.5) is 0 Å². The van der Waals surface area contributed by atoms with Crippen LogP contribution in [0.3, 0.4) is 0 Å². The first-order valence-electron chi connectivity index (χ1n) is 5.13. The summed E-state index contributed by atoms with van der Waals surface area (Å²) >= 11 is 0. The average molecular weight is 191 g/mol. The summed E-state index contributed by atoms with van der Waals surface area (Å²) < 4.78 is 0. The molecule has 1 fully saturated rings. The molecule has 0 spiro atoms. The Morgan fingerprint density at radius 1 is 1.43 bits per heavy atom. The largest absolute Gasteiger partial charge is 0.508 e. The van der Waals surface area contributed by atoms with Gasteiger partial charge in [0.05, 0.1) is 0 Å². The van der Waals surface area contributed by atoms with Gasteiger partial charge in [0, 0.05) is 11.6 Å². The van der Waals surface area contributed by atoms with Crippen molar-refractivity contribution in [2.75, 3.05) is 0 Å². The Hall–Kier alpha value is -1.02. The SMILES string of the molecule is CC1(C)CCC(c2cccc(O)c2)N1. The van der Waals surface area contributed by atoms with Crippen LogP contribution in [0.25, 0.3) is 0 Å². The van der Waals surface area contributed by atoms with Gasteiger partial charge in [0.2, 0.25) is 0 Å². The predicted octanol–water partition coefficient (Wildman–Crippen LogP) is 2.60. The van der Waals surface area contributed by atoms with Gasteiger partial charge >= 0.3 is 0 Å². The van der Waals surface area contributed by atoms with Gasteiger partial charge in [-0.05, 0) is 44.4 Å². The summed E-state index contributed by atoms with van der Waals surface area (Å²) in [7, 11) is 0. The van der Waals surface area contributed by atoms with E-state index < -0.39 is 0 Å². The molecule has 0 radical (unpaired) electrons. The lowest BCUT2D eigenvalue weighted by atomic mass is 10.0. The number of hydrogen-bond donors (Lipinski definition) is 2. The molecule has 0 amide bonds. The summed E-state index contributed by atoms with van der Waals surface area (Å²) in [6.07, 6.45) is 2.34. The van der Waals surface area contributed by atoms with Crippen LogP contribution in [0.1, 0.15) is 38.3 Å². The van der Waals surface area contributed by atoms with E-state index in [1.54, 1.807) is 6.07 Å². The topological polar surface area (TPSA) is 32.3 Å². The van der Waals surface area contributed by atoms with Gasteiger partial charge in [0.1, 0.15) is 5.75 Å². The van der Waals surface area contributed by atoms with E-state index in [1.165, 1.54) is 12.0 Å². The van der Waals surface area contributed by atoms with Gasteiger partial charge < -0.3 is 10.4 Å². The smallest absolute Gasteiger partial charge is 0.115 e. The van der Waals surface area contributed by atoms with Gasteiger partial charge in [0.15, 0.2) is 0 Å². The summed E-state index contributed by atoms with van der Waals surface area (Å²) in [5.41, 5.74) is 1.42. The third-order valence-electron chi connectivity index (χ3n) is 2.90. The first kappa shape index (κ1) is 9.53. The van der Waals surface area contributed by atoms with E-state index in [0.29, 0.717) is 11.8 Å². The lowest BCUT2D eigenvalue weighted by Gasteiger charge is -2.20. The second-order valence-electron chi connectivity index (χ2n) is 4.71. The number of phenolic OH excluding ortho intramolecular Hbond substituents is 1. The normalized spacial score (nSPS) is 25.1. The molecule has 2 rings (SSSR count). The minimum atomic E-state index is 0.232. The molecule has 1 saturated heterocycles. The molecule has 2 N–H and O–H groups in total. The molecule has 2 nitrogen and oxygen atoms in total. The maximum atomic E-state index is 9.38. The van der Waals surface area contributed by atoms with E-state index >= 15 is 0 Å². The molecule has 0 saturated carbocycles. The van der Waals surface area contributed by atoms with Crippen LogP contribution in [0.5, 0.6) is 5.75 Å². The van der Waals surface area contributed by atoms with E-state index in [1.807, 2.05) is 12.1 Å². The molecule has 2 heteroatoms. The molecule has 1 atom stereocenters. The molecule has 1 aromatic carbocycles. The lowest BCUT2D eigenvalue weighted by molar-refractivity contribution is 0.431. The van der Waals surface area contributed by atoms with Crippen LogP contribution in [0.15, 0.2) is 24.3 Å². The second-order valence-corrected chi connectivity index (χ2v) is 4.71. The van der Waals surface area contributed by atoms with Crippen molar-refractivity contribution in [2.45, 2.75) is 38.3 Å². The molecule has 1 unspecified atom stereocenters. The van der Waals surface area contributed by atoms with Crippen molar-refractivity contribution in [3.05, 3.63) is 29.8 Å². The van der Waals surface area contributed by atoms with Crippen molar-refractivity contribution in [3.63, 3.8) is 0 Å². The predicted molar refractivity (Wildman–Crippen MR) is 57.3 cm³/mol. The van der Waals surface area contributed by atoms with Crippen molar-refractivity contribution in [1.29, 1.82) is 0 Å². The molecule has 1 heterocycles. The lowest BCUT2D eigenvalue weighted by Crippen LogP contribution is -2.33. The van der Waals surface area contributed by atoms with Gasteiger partial charge in [-0.3, -0.25) is 0 Å². The first-order valence-corrected chi connectivity index (χ1v) is 5.13. The molecular formula is C12H17NO. The van der Waals surface area contributed by atoms with E-state index in [9.17, 15) is 5.11 Å².